The first-order valence-electron chi connectivity index (χ1n) is 7.39. The molecule has 0 amide bonds. The summed E-state index contributed by atoms with van der Waals surface area (Å²) < 4.78 is 15.9. The molecule has 0 saturated carbocycles. The summed E-state index contributed by atoms with van der Waals surface area (Å²) in [7, 11) is 1.68. The molecular weight excluding hydrogens is 244 g/mol. The van der Waals surface area contributed by atoms with E-state index in [1.165, 1.54) is 6.42 Å². The quantitative estimate of drug-likeness (QED) is 0.595. The van der Waals surface area contributed by atoms with Crippen molar-refractivity contribution in [1.29, 1.82) is 0 Å². The highest BCUT2D eigenvalue weighted by atomic mass is 16.5. The predicted molar refractivity (Wildman–Crippen MR) is 76.6 cm³/mol. The van der Waals surface area contributed by atoms with E-state index in [0.29, 0.717) is 38.5 Å². The maximum atomic E-state index is 5.62. The van der Waals surface area contributed by atoms with Gasteiger partial charge in [0, 0.05) is 38.8 Å². The van der Waals surface area contributed by atoms with E-state index >= 15 is 0 Å². The summed E-state index contributed by atoms with van der Waals surface area (Å²) in [6.07, 6.45) is 1.19. The molecule has 19 heavy (non-hydrogen) atoms. The number of ether oxygens (including phenoxy) is 3. The minimum Gasteiger partial charge on any atom is -0.382 e. The van der Waals surface area contributed by atoms with Gasteiger partial charge in [-0.3, -0.25) is 4.90 Å². The molecule has 5 nitrogen and oxygen atoms in total. The van der Waals surface area contributed by atoms with Crippen LogP contribution in [0.25, 0.3) is 0 Å². The molecule has 1 aliphatic rings. The van der Waals surface area contributed by atoms with Gasteiger partial charge in [0.15, 0.2) is 0 Å². The van der Waals surface area contributed by atoms with Gasteiger partial charge >= 0.3 is 0 Å². The molecule has 2 atom stereocenters. The molecule has 0 aliphatic carbocycles. The molecule has 0 aromatic carbocycles. The second kappa shape index (κ2) is 10.6. The average molecular weight is 274 g/mol. The van der Waals surface area contributed by atoms with Crippen LogP contribution in [0.4, 0.5) is 0 Å². The fraction of sp³-hybridized carbons (Fsp3) is 1.00. The van der Waals surface area contributed by atoms with Gasteiger partial charge in [-0.25, -0.2) is 0 Å². The molecular formula is C14H30N2O3. The zero-order valence-electron chi connectivity index (χ0n) is 12.7. The lowest BCUT2D eigenvalue weighted by molar-refractivity contribution is 0.0127. The summed E-state index contributed by atoms with van der Waals surface area (Å²) >= 11 is 0. The molecule has 1 fully saturated rings. The lowest BCUT2D eigenvalue weighted by Crippen LogP contribution is -2.55. The van der Waals surface area contributed by atoms with Crippen molar-refractivity contribution in [2.24, 2.45) is 0 Å². The molecule has 0 bridgehead atoms. The number of piperazine rings is 1. The van der Waals surface area contributed by atoms with Crippen molar-refractivity contribution in [3.63, 3.8) is 0 Å². The molecule has 0 radical (unpaired) electrons. The molecule has 1 saturated heterocycles. The van der Waals surface area contributed by atoms with E-state index in [-0.39, 0.29) is 0 Å². The van der Waals surface area contributed by atoms with E-state index in [9.17, 15) is 0 Å². The molecule has 5 heteroatoms. The molecule has 0 aromatic rings. The Morgan fingerprint density at radius 2 is 1.79 bits per heavy atom. The maximum Gasteiger partial charge on any atom is 0.0701 e. The van der Waals surface area contributed by atoms with Crippen LogP contribution in [0.3, 0.4) is 0 Å². The Bertz CT molecular complexity index is 217. The SMILES string of the molecule is CCC1CNC(C)CN1CCOCCOCCOC. The van der Waals surface area contributed by atoms with Crippen LogP contribution in [-0.4, -0.2) is 76.8 Å². The Morgan fingerprint density at radius 3 is 2.47 bits per heavy atom. The van der Waals surface area contributed by atoms with Crippen molar-refractivity contribution < 1.29 is 14.2 Å². The predicted octanol–water partition coefficient (Wildman–Crippen LogP) is 0.738. The van der Waals surface area contributed by atoms with Crippen LogP contribution in [0.5, 0.6) is 0 Å². The highest BCUT2D eigenvalue weighted by molar-refractivity contribution is 4.82. The highest BCUT2D eigenvalue weighted by Gasteiger charge is 2.23. The van der Waals surface area contributed by atoms with Gasteiger partial charge in [0.25, 0.3) is 0 Å². The van der Waals surface area contributed by atoms with Gasteiger partial charge in [-0.05, 0) is 13.3 Å². The number of methoxy groups -OCH3 is 1. The third-order valence-corrected chi connectivity index (χ3v) is 3.52. The second-order valence-corrected chi connectivity index (χ2v) is 5.08. The van der Waals surface area contributed by atoms with E-state index in [2.05, 4.69) is 24.1 Å². The minimum absolute atomic E-state index is 0.583. The molecule has 2 unspecified atom stereocenters. The standard InChI is InChI=1S/C14H30N2O3/c1-4-14-11-15-13(2)12-16(14)5-6-18-9-10-19-8-7-17-3/h13-15H,4-12H2,1-3H3. The third-order valence-electron chi connectivity index (χ3n) is 3.52. The average Bonchev–Trinajstić information content (AvgIpc) is 2.42. The molecule has 1 heterocycles. The largest absolute Gasteiger partial charge is 0.382 e. The van der Waals surface area contributed by atoms with Gasteiger partial charge in [0.2, 0.25) is 0 Å². The zero-order valence-corrected chi connectivity index (χ0v) is 12.7. The van der Waals surface area contributed by atoms with Gasteiger partial charge in [-0.2, -0.15) is 0 Å². The van der Waals surface area contributed by atoms with Crippen molar-refractivity contribution in [2.45, 2.75) is 32.4 Å². The van der Waals surface area contributed by atoms with Crippen molar-refractivity contribution in [3.05, 3.63) is 0 Å². The Balaban J connectivity index is 2.00. The van der Waals surface area contributed by atoms with Gasteiger partial charge < -0.3 is 19.5 Å². The molecule has 0 spiro atoms. The maximum absolute atomic E-state index is 5.62. The summed E-state index contributed by atoms with van der Waals surface area (Å²) in [5.41, 5.74) is 0. The number of hydrogen-bond donors (Lipinski definition) is 1. The van der Waals surface area contributed by atoms with Crippen LogP contribution in [0, 0.1) is 0 Å². The van der Waals surface area contributed by atoms with Gasteiger partial charge in [0.05, 0.1) is 33.0 Å². The smallest absolute Gasteiger partial charge is 0.0701 e. The number of hydrogen-bond acceptors (Lipinski definition) is 5. The van der Waals surface area contributed by atoms with Crippen LogP contribution in [0.1, 0.15) is 20.3 Å². The zero-order chi connectivity index (χ0) is 13.9. The number of nitrogens with zero attached hydrogens (tertiary/aromatic N) is 1. The van der Waals surface area contributed by atoms with E-state index in [1.54, 1.807) is 7.11 Å². The second-order valence-electron chi connectivity index (χ2n) is 5.08. The normalized spacial score (nSPS) is 24.8. The number of nitrogens with one attached hydrogen (secondary N) is 1. The fourth-order valence-corrected chi connectivity index (χ4v) is 2.35. The first-order chi connectivity index (χ1) is 9.27. The Morgan fingerprint density at radius 1 is 1.11 bits per heavy atom. The van der Waals surface area contributed by atoms with Crippen LogP contribution in [-0.2, 0) is 14.2 Å². The summed E-state index contributed by atoms with van der Waals surface area (Å²) in [5.74, 6) is 0. The fourth-order valence-electron chi connectivity index (χ4n) is 2.35. The first kappa shape index (κ1) is 16.9. The molecule has 114 valence electrons. The summed E-state index contributed by atoms with van der Waals surface area (Å²) in [5, 5.41) is 3.53. The van der Waals surface area contributed by atoms with E-state index in [4.69, 9.17) is 14.2 Å². The summed E-state index contributed by atoms with van der Waals surface area (Å²) in [4.78, 5) is 2.53. The Labute approximate surface area is 117 Å². The van der Waals surface area contributed by atoms with Crippen molar-refractivity contribution >= 4 is 0 Å². The van der Waals surface area contributed by atoms with Crippen molar-refractivity contribution in [2.75, 3.05) is 59.8 Å². The van der Waals surface area contributed by atoms with Crippen LogP contribution in [0.2, 0.25) is 0 Å². The van der Waals surface area contributed by atoms with E-state index < -0.39 is 0 Å². The van der Waals surface area contributed by atoms with E-state index in [1.807, 2.05) is 0 Å². The topological polar surface area (TPSA) is 43.0 Å². The highest BCUT2D eigenvalue weighted by Crippen LogP contribution is 2.09. The van der Waals surface area contributed by atoms with Crippen LogP contribution < -0.4 is 5.32 Å². The molecule has 1 aliphatic heterocycles. The van der Waals surface area contributed by atoms with Crippen LogP contribution >= 0.6 is 0 Å². The third kappa shape index (κ3) is 7.22. The minimum atomic E-state index is 0.583. The van der Waals surface area contributed by atoms with Crippen molar-refractivity contribution in [1.82, 2.24) is 10.2 Å². The molecule has 0 aromatic heterocycles. The molecule has 1 N–H and O–H groups in total. The van der Waals surface area contributed by atoms with Crippen LogP contribution in [0.15, 0.2) is 0 Å². The van der Waals surface area contributed by atoms with Gasteiger partial charge in [-0.1, -0.05) is 6.92 Å². The summed E-state index contributed by atoms with van der Waals surface area (Å²) in [6, 6.07) is 1.23. The monoisotopic (exact) mass is 274 g/mol. The Kier molecular flexibility index (Phi) is 9.38. The van der Waals surface area contributed by atoms with Crippen molar-refractivity contribution in [3.8, 4) is 0 Å². The van der Waals surface area contributed by atoms with E-state index in [0.717, 1.165) is 26.2 Å². The lowest BCUT2D eigenvalue weighted by Gasteiger charge is -2.38. The Hall–Kier alpha value is -0.200. The molecule has 1 rings (SSSR count). The lowest BCUT2D eigenvalue weighted by atomic mass is 10.1. The first-order valence-corrected chi connectivity index (χ1v) is 7.39. The van der Waals surface area contributed by atoms with Gasteiger partial charge in [-0.15, -0.1) is 0 Å². The van der Waals surface area contributed by atoms with Gasteiger partial charge in [0.1, 0.15) is 0 Å². The summed E-state index contributed by atoms with van der Waals surface area (Å²) in [6.45, 7) is 11.1. The number of rotatable bonds is 10.